The van der Waals surface area contributed by atoms with Crippen LogP contribution in [0.1, 0.15) is 5.56 Å². The minimum absolute atomic E-state index is 0.0196. The number of terminal acetylenes is 1. The van der Waals surface area contributed by atoms with Gasteiger partial charge in [-0.1, -0.05) is 5.92 Å². The number of hydrogen-bond donors (Lipinski definition) is 0. The van der Waals surface area contributed by atoms with Crippen LogP contribution in [0.3, 0.4) is 0 Å². The van der Waals surface area contributed by atoms with Crippen LogP contribution in [-0.4, -0.2) is 13.7 Å². The molecule has 1 rings (SSSR count). The third-order valence-electron chi connectivity index (χ3n) is 2.07. The van der Waals surface area contributed by atoms with E-state index in [1.165, 1.54) is 13.2 Å². The van der Waals surface area contributed by atoms with E-state index >= 15 is 0 Å². The molecule has 0 atom stereocenters. The molecule has 1 aromatic rings. The number of allylic oxidation sites excluding steroid dienone is 1. The maximum absolute atomic E-state index is 8.74. The largest absolute Gasteiger partial charge is 0.497 e. The molecule has 0 spiro atoms. The van der Waals surface area contributed by atoms with Crippen molar-refractivity contribution in [3.8, 4) is 36.0 Å². The molecule has 0 saturated heterocycles. The third-order valence-corrected chi connectivity index (χ3v) is 2.07. The van der Waals surface area contributed by atoms with Gasteiger partial charge < -0.3 is 9.47 Å². The molecule has 1 aromatic carbocycles. The highest BCUT2D eigenvalue weighted by atomic mass is 16.5. The van der Waals surface area contributed by atoms with Crippen molar-refractivity contribution in [1.82, 2.24) is 0 Å². The maximum atomic E-state index is 8.74. The van der Waals surface area contributed by atoms with Gasteiger partial charge in [0.25, 0.3) is 0 Å². The Morgan fingerprint density at radius 2 is 2.11 bits per heavy atom. The topological polar surface area (TPSA) is 66.0 Å². The highest BCUT2D eigenvalue weighted by molar-refractivity contribution is 5.67. The van der Waals surface area contributed by atoms with E-state index in [9.17, 15) is 0 Å². The van der Waals surface area contributed by atoms with Crippen molar-refractivity contribution in [2.24, 2.45) is 0 Å². The zero-order valence-corrected chi connectivity index (χ0v) is 9.80. The Hall–Kier alpha value is -2.90. The quantitative estimate of drug-likeness (QED) is 0.595. The number of benzene rings is 1. The third kappa shape index (κ3) is 3.30. The van der Waals surface area contributed by atoms with Gasteiger partial charge in [-0.15, -0.1) is 6.42 Å². The molecule has 0 radical (unpaired) electrons. The maximum Gasteiger partial charge on any atom is 0.148 e. The summed E-state index contributed by atoms with van der Waals surface area (Å²) in [5.74, 6) is 3.45. The molecule has 0 fully saturated rings. The van der Waals surface area contributed by atoms with Gasteiger partial charge in [0, 0.05) is 5.56 Å². The summed E-state index contributed by atoms with van der Waals surface area (Å²) in [6, 6.07) is 8.62. The van der Waals surface area contributed by atoms with Crippen molar-refractivity contribution in [1.29, 1.82) is 10.5 Å². The first-order valence-electron chi connectivity index (χ1n) is 5.01. The van der Waals surface area contributed by atoms with Crippen LogP contribution in [0.5, 0.6) is 11.5 Å². The summed E-state index contributed by atoms with van der Waals surface area (Å²) in [7, 11) is 1.53. The molecule has 0 aliphatic carbocycles. The van der Waals surface area contributed by atoms with Gasteiger partial charge in [0.1, 0.15) is 35.8 Å². The predicted octanol–water partition coefficient (Wildman–Crippen LogP) is 2.14. The zero-order chi connectivity index (χ0) is 13.4. The van der Waals surface area contributed by atoms with Crippen molar-refractivity contribution in [2.45, 2.75) is 0 Å². The monoisotopic (exact) mass is 238 g/mol. The summed E-state index contributed by atoms with van der Waals surface area (Å²) in [5, 5.41) is 17.5. The van der Waals surface area contributed by atoms with Crippen LogP contribution in [0.4, 0.5) is 0 Å². The summed E-state index contributed by atoms with van der Waals surface area (Å²) >= 11 is 0. The summed E-state index contributed by atoms with van der Waals surface area (Å²) in [6.45, 7) is 0.113. The normalized spacial score (nSPS) is 8.33. The molecule has 4 heteroatoms. The van der Waals surface area contributed by atoms with Gasteiger partial charge in [-0.25, -0.2) is 0 Å². The van der Waals surface area contributed by atoms with E-state index in [0.717, 1.165) is 0 Å². The Bertz CT molecular complexity index is 567. The molecule has 0 heterocycles. The van der Waals surface area contributed by atoms with Crippen molar-refractivity contribution in [3.05, 3.63) is 29.3 Å². The molecule has 0 amide bonds. The van der Waals surface area contributed by atoms with E-state index in [0.29, 0.717) is 17.1 Å². The van der Waals surface area contributed by atoms with E-state index in [1.54, 1.807) is 30.3 Å². The Morgan fingerprint density at radius 3 is 2.67 bits per heavy atom. The molecule has 88 valence electrons. The highest BCUT2D eigenvalue weighted by Crippen LogP contribution is 2.26. The van der Waals surface area contributed by atoms with Gasteiger partial charge in [-0.2, -0.15) is 10.5 Å². The molecule has 0 aromatic heterocycles. The SMILES string of the molecule is C#CCOc1ccc(OC)cc1C=C(C#N)C#N. The van der Waals surface area contributed by atoms with Crippen LogP contribution in [0.2, 0.25) is 0 Å². The van der Waals surface area contributed by atoms with Crippen LogP contribution in [0.25, 0.3) is 6.08 Å². The fraction of sp³-hybridized carbons (Fsp3) is 0.143. The second kappa shape index (κ2) is 6.63. The Kier molecular flexibility index (Phi) is 4.85. The van der Waals surface area contributed by atoms with Gasteiger partial charge in [0.05, 0.1) is 7.11 Å². The number of methoxy groups -OCH3 is 1. The van der Waals surface area contributed by atoms with E-state index in [-0.39, 0.29) is 12.2 Å². The summed E-state index contributed by atoms with van der Waals surface area (Å²) < 4.78 is 10.4. The van der Waals surface area contributed by atoms with Gasteiger partial charge in [-0.05, 0) is 24.3 Å². The molecular weight excluding hydrogens is 228 g/mol. The van der Waals surface area contributed by atoms with E-state index in [4.69, 9.17) is 26.4 Å². The fourth-order valence-corrected chi connectivity index (χ4v) is 1.26. The number of rotatable bonds is 4. The lowest BCUT2D eigenvalue weighted by Gasteiger charge is -2.08. The summed E-state index contributed by atoms with van der Waals surface area (Å²) in [5.41, 5.74) is 0.552. The van der Waals surface area contributed by atoms with Gasteiger partial charge in [-0.3, -0.25) is 0 Å². The van der Waals surface area contributed by atoms with Crippen LogP contribution in [0, 0.1) is 35.0 Å². The van der Waals surface area contributed by atoms with Crippen molar-refractivity contribution in [2.75, 3.05) is 13.7 Å². The minimum Gasteiger partial charge on any atom is -0.497 e. The first kappa shape index (κ1) is 13.2. The number of nitrogens with zero attached hydrogens (tertiary/aromatic N) is 2. The first-order chi connectivity index (χ1) is 8.74. The predicted molar refractivity (Wildman–Crippen MR) is 66.5 cm³/mol. The van der Waals surface area contributed by atoms with Crippen molar-refractivity contribution < 1.29 is 9.47 Å². The molecule has 0 aliphatic rings. The van der Waals surface area contributed by atoms with Crippen LogP contribution < -0.4 is 9.47 Å². The van der Waals surface area contributed by atoms with Crippen LogP contribution in [-0.2, 0) is 0 Å². The minimum atomic E-state index is -0.0196. The number of nitriles is 2. The molecule has 0 saturated carbocycles. The van der Waals surface area contributed by atoms with E-state index in [1.807, 2.05) is 0 Å². The Labute approximate surface area is 106 Å². The second-order valence-electron chi connectivity index (χ2n) is 3.18. The van der Waals surface area contributed by atoms with Gasteiger partial charge in [0.2, 0.25) is 0 Å². The van der Waals surface area contributed by atoms with Crippen molar-refractivity contribution >= 4 is 6.08 Å². The van der Waals surface area contributed by atoms with Crippen LogP contribution in [0.15, 0.2) is 23.8 Å². The molecule has 0 N–H and O–H groups in total. The highest BCUT2D eigenvalue weighted by Gasteiger charge is 2.05. The Morgan fingerprint density at radius 1 is 1.39 bits per heavy atom. The molecule has 4 nitrogen and oxygen atoms in total. The lowest BCUT2D eigenvalue weighted by molar-refractivity contribution is 0.367. The zero-order valence-electron chi connectivity index (χ0n) is 9.80. The lowest BCUT2D eigenvalue weighted by Crippen LogP contribution is -1.96. The summed E-state index contributed by atoms with van der Waals surface area (Å²) in [6.07, 6.45) is 6.54. The average Bonchev–Trinajstić information content (AvgIpc) is 2.42. The molecule has 18 heavy (non-hydrogen) atoms. The van der Waals surface area contributed by atoms with Gasteiger partial charge in [0.15, 0.2) is 0 Å². The fourth-order valence-electron chi connectivity index (χ4n) is 1.26. The second-order valence-corrected chi connectivity index (χ2v) is 3.18. The van der Waals surface area contributed by atoms with Gasteiger partial charge >= 0.3 is 0 Å². The number of ether oxygens (including phenoxy) is 2. The molecule has 0 bridgehead atoms. The molecular formula is C14H10N2O2. The lowest BCUT2D eigenvalue weighted by atomic mass is 10.1. The Balaban J connectivity index is 3.21. The van der Waals surface area contributed by atoms with Crippen molar-refractivity contribution in [3.63, 3.8) is 0 Å². The number of hydrogen-bond acceptors (Lipinski definition) is 4. The molecule has 0 aliphatic heterocycles. The summed E-state index contributed by atoms with van der Waals surface area (Å²) in [4.78, 5) is 0. The smallest absolute Gasteiger partial charge is 0.148 e. The molecule has 0 unspecified atom stereocenters. The first-order valence-corrected chi connectivity index (χ1v) is 5.01. The van der Waals surface area contributed by atoms with E-state index < -0.39 is 0 Å². The standard InChI is InChI=1S/C14H10N2O2/c1-3-6-18-14-5-4-13(17-2)8-12(14)7-11(9-15)10-16/h1,4-5,7-8H,6H2,2H3. The van der Waals surface area contributed by atoms with E-state index in [2.05, 4.69) is 5.92 Å². The van der Waals surface area contributed by atoms with Crippen LogP contribution >= 0.6 is 0 Å². The average molecular weight is 238 g/mol.